The van der Waals surface area contributed by atoms with Crippen molar-refractivity contribution >= 4 is 23.2 Å². The molecular formula is C13H18Cl2. The average molecular weight is 245 g/mol. The lowest BCUT2D eigenvalue weighted by Gasteiger charge is -2.08. The van der Waals surface area contributed by atoms with E-state index in [1.807, 2.05) is 13.0 Å². The molecule has 1 aromatic rings. The third-order valence-corrected chi connectivity index (χ3v) is 3.43. The average Bonchev–Trinajstić information content (AvgIpc) is 2.20. The number of rotatable bonds is 5. The van der Waals surface area contributed by atoms with Crippen molar-refractivity contribution in [1.82, 2.24) is 0 Å². The van der Waals surface area contributed by atoms with Crippen LogP contribution in [0.1, 0.15) is 37.3 Å². The first kappa shape index (κ1) is 12.9. The van der Waals surface area contributed by atoms with Crippen LogP contribution in [0, 0.1) is 6.92 Å². The van der Waals surface area contributed by atoms with Crippen molar-refractivity contribution in [3.63, 3.8) is 0 Å². The summed E-state index contributed by atoms with van der Waals surface area (Å²) in [5, 5.41) is 1.16. The van der Waals surface area contributed by atoms with Gasteiger partial charge in [0.15, 0.2) is 0 Å². The molecule has 2 heteroatoms. The molecule has 1 unspecified atom stereocenters. The van der Waals surface area contributed by atoms with E-state index in [2.05, 4.69) is 19.1 Å². The lowest BCUT2D eigenvalue weighted by atomic mass is 10.0. The molecule has 1 aromatic carbocycles. The highest BCUT2D eigenvalue weighted by Crippen LogP contribution is 2.19. The Morgan fingerprint density at radius 2 is 2.00 bits per heavy atom. The van der Waals surface area contributed by atoms with Crippen LogP contribution < -0.4 is 0 Å². The van der Waals surface area contributed by atoms with Gasteiger partial charge in [0, 0.05) is 10.4 Å². The molecule has 0 spiro atoms. The van der Waals surface area contributed by atoms with Crippen molar-refractivity contribution in [1.29, 1.82) is 0 Å². The van der Waals surface area contributed by atoms with Crippen LogP contribution in [-0.2, 0) is 6.42 Å². The lowest BCUT2D eigenvalue weighted by molar-refractivity contribution is 0.676. The zero-order chi connectivity index (χ0) is 11.3. The number of benzene rings is 1. The normalized spacial score (nSPS) is 12.8. The highest BCUT2D eigenvalue weighted by atomic mass is 35.5. The quantitative estimate of drug-likeness (QED) is 0.641. The topological polar surface area (TPSA) is 0 Å². The van der Waals surface area contributed by atoms with E-state index in [0.717, 1.165) is 36.3 Å². The largest absolute Gasteiger partial charge is 0.123 e. The number of alkyl halides is 1. The molecule has 0 aliphatic heterocycles. The van der Waals surface area contributed by atoms with E-state index in [0.29, 0.717) is 5.38 Å². The summed E-state index contributed by atoms with van der Waals surface area (Å²) in [6, 6.07) is 6.25. The van der Waals surface area contributed by atoms with Gasteiger partial charge in [-0.05, 0) is 43.4 Å². The summed E-state index contributed by atoms with van der Waals surface area (Å²) < 4.78 is 0. The minimum atomic E-state index is 0.301. The molecule has 15 heavy (non-hydrogen) atoms. The second kappa shape index (κ2) is 6.40. The molecule has 0 aromatic heterocycles. The van der Waals surface area contributed by atoms with Gasteiger partial charge in [-0.1, -0.05) is 37.1 Å². The van der Waals surface area contributed by atoms with E-state index in [-0.39, 0.29) is 0 Å². The molecule has 0 N–H and O–H groups in total. The van der Waals surface area contributed by atoms with Gasteiger partial charge in [0.05, 0.1) is 0 Å². The fourth-order valence-corrected chi connectivity index (χ4v) is 2.10. The first-order valence-corrected chi connectivity index (χ1v) is 6.34. The van der Waals surface area contributed by atoms with Crippen molar-refractivity contribution in [3.8, 4) is 0 Å². The van der Waals surface area contributed by atoms with Crippen molar-refractivity contribution in [2.45, 2.75) is 44.9 Å². The molecular weight excluding hydrogens is 227 g/mol. The van der Waals surface area contributed by atoms with E-state index < -0.39 is 0 Å². The Hall–Kier alpha value is -0.200. The van der Waals surface area contributed by atoms with E-state index in [1.165, 1.54) is 5.56 Å². The highest BCUT2D eigenvalue weighted by molar-refractivity contribution is 6.31. The smallest absolute Gasteiger partial charge is 0.0437 e. The predicted octanol–water partition coefficient (Wildman–Crippen LogP) is 4.99. The van der Waals surface area contributed by atoms with Gasteiger partial charge in [-0.3, -0.25) is 0 Å². The maximum atomic E-state index is 6.17. The predicted molar refractivity (Wildman–Crippen MR) is 69.1 cm³/mol. The molecule has 0 amide bonds. The van der Waals surface area contributed by atoms with Crippen molar-refractivity contribution in [2.24, 2.45) is 0 Å². The second-order valence-electron chi connectivity index (χ2n) is 4.01. The van der Waals surface area contributed by atoms with Crippen LogP contribution in [0.15, 0.2) is 18.2 Å². The van der Waals surface area contributed by atoms with E-state index in [9.17, 15) is 0 Å². The standard InChI is InChI=1S/C13H18Cl2/c1-3-4-12(14)8-7-11-6-5-10(2)13(15)9-11/h5-6,9,12H,3-4,7-8H2,1-2H3. The minimum Gasteiger partial charge on any atom is -0.123 e. The van der Waals surface area contributed by atoms with Gasteiger partial charge in [-0.15, -0.1) is 11.6 Å². The Balaban J connectivity index is 2.47. The van der Waals surface area contributed by atoms with Crippen molar-refractivity contribution in [3.05, 3.63) is 34.3 Å². The number of aryl methyl sites for hydroxylation is 2. The Morgan fingerprint density at radius 3 is 2.60 bits per heavy atom. The van der Waals surface area contributed by atoms with Crippen LogP contribution in [0.4, 0.5) is 0 Å². The van der Waals surface area contributed by atoms with Crippen LogP contribution >= 0.6 is 23.2 Å². The summed E-state index contributed by atoms with van der Waals surface area (Å²) in [6.45, 7) is 4.19. The third kappa shape index (κ3) is 4.44. The second-order valence-corrected chi connectivity index (χ2v) is 5.03. The molecule has 0 aliphatic carbocycles. The van der Waals surface area contributed by atoms with Gasteiger partial charge in [0.25, 0.3) is 0 Å². The summed E-state index contributed by atoms with van der Waals surface area (Å²) >= 11 is 12.2. The molecule has 0 aliphatic rings. The van der Waals surface area contributed by atoms with Gasteiger partial charge >= 0.3 is 0 Å². The third-order valence-electron chi connectivity index (χ3n) is 2.58. The van der Waals surface area contributed by atoms with E-state index >= 15 is 0 Å². The van der Waals surface area contributed by atoms with Crippen LogP contribution in [0.2, 0.25) is 5.02 Å². The number of hydrogen-bond acceptors (Lipinski definition) is 0. The minimum absolute atomic E-state index is 0.301. The monoisotopic (exact) mass is 244 g/mol. The molecule has 0 heterocycles. The Bertz CT molecular complexity index is 307. The molecule has 1 atom stereocenters. The van der Waals surface area contributed by atoms with Gasteiger partial charge < -0.3 is 0 Å². The van der Waals surface area contributed by atoms with E-state index in [4.69, 9.17) is 23.2 Å². The van der Waals surface area contributed by atoms with Crippen LogP contribution in [-0.4, -0.2) is 5.38 Å². The molecule has 0 saturated heterocycles. The summed E-state index contributed by atoms with van der Waals surface area (Å²) in [5.74, 6) is 0. The molecule has 0 fully saturated rings. The summed E-state index contributed by atoms with van der Waals surface area (Å²) in [4.78, 5) is 0. The SMILES string of the molecule is CCCC(Cl)CCc1ccc(C)c(Cl)c1. The molecule has 0 nitrogen and oxygen atoms in total. The highest BCUT2D eigenvalue weighted by Gasteiger charge is 2.04. The van der Waals surface area contributed by atoms with E-state index in [1.54, 1.807) is 0 Å². The van der Waals surface area contributed by atoms with Crippen LogP contribution in [0.3, 0.4) is 0 Å². The van der Waals surface area contributed by atoms with Crippen molar-refractivity contribution < 1.29 is 0 Å². The van der Waals surface area contributed by atoms with Gasteiger partial charge in [0.2, 0.25) is 0 Å². The molecule has 0 bridgehead atoms. The van der Waals surface area contributed by atoms with Crippen molar-refractivity contribution in [2.75, 3.05) is 0 Å². The van der Waals surface area contributed by atoms with Gasteiger partial charge in [-0.2, -0.15) is 0 Å². The van der Waals surface area contributed by atoms with Gasteiger partial charge in [0.1, 0.15) is 0 Å². The Kier molecular flexibility index (Phi) is 5.49. The molecule has 1 rings (SSSR count). The Labute approximate surface area is 103 Å². The van der Waals surface area contributed by atoms with Gasteiger partial charge in [-0.25, -0.2) is 0 Å². The summed E-state index contributed by atoms with van der Waals surface area (Å²) in [7, 11) is 0. The fourth-order valence-electron chi connectivity index (χ4n) is 1.57. The number of hydrogen-bond donors (Lipinski definition) is 0. The molecule has 84 valence electrons. The summed E-state index contributed by atoms with van der Waals surface area (Å²) in [5.41, 5.74) is 2.42. The molecule has 0 saturated carbocycles. The zero-order valence-electron chi connectivity index (χ0n) is 9.39. The maximum absolute atomic E-state index is 6.17. The number of halogens is 2. The first-order valence-electron chi connectivity index (χ1n) is 5.52. The fraction of sp³-hybridized carbons (Fsp3) is 0.538. The first-order chi connectivity index (χ1) is 7.13. The lowest BCUT2D eigenvalue weighted by Crippen LogP contribution is -2.00. The van der Waals surface area contributed by atoms with Crippen LogP contribution in [0.25, 0.3) is 0 Å². The zero-order valence-corrected chi connectivity index (χ0v) is 10.9. The maximum Gasteiger partial charge on any atom is 0.0437 e. The summed E-state index contributed by atoms with van der Waals surface area (Å²) in [6.07, 6.45) is 4.31. The Morgan fingerprint density at radius 1 is 1.27 bits per heavy atom. The molecule has 0 radical (unpaired) electrons. The van der Waals surface area contributed by atoms with Crippen LogP contribution in [0.5, 0.6) is 0 Å².